The molecule has 0 amide bonds. The lowest BCUT2D eigenvalue weighted by Gasteiger charge is -2.00. The summed E-state index contributed by atoms with van der Waals surface area (Å²) >= 11 is 1.48. The SMILES string of the molecule is CCOc1ccc2nc(-c3ccc(O)cc3O)sc2c1. The van der Waals surface area contributed by atoms with E-state index in [4.69, 9.17) is 4.74 Å². The van der Waals surface area contributed by atoms with E-state index in [1.165, 1.54) is 23.5 Å². The lowest BCUT2D eigenvalue weighted by Crippen LogP contribution is -1.89. The Bertz CT molecular complexity index is 767. The van der Waals surface area contributed by atoms with Crippen molar-refractivity contribution in [1.82, 2.24) is 4.98 Å². The summed E-state index contributed by atoms with van der Waals surface area (Å²) in [4.78, 5) is 4.50. The van der Waals surface area contributed by atoms with Gasteiger partial charge in [0.1, 0.15) is 22.3 Å². The third-order valence-electron chi connectivity index (χ3n) is 2.88. The Morgan fingerprint density at radius 1 is 1.15 bits per heavy atom. The fourth-order valence-electron chi connectivity index (χ4n) is 1.98. The number of nitrogens with zero attached hydrogens (tertiary/aromatic N) is 1. The van der Waals surface area contributed by atoms with Crippen LogP contribution >= 0.6 is 11.3 Å². The molecule has 102 valence electrons. The number of aromatic nitrogens is 1. The summed E-state index contributed by atoms with van der Waals surface area (Å²) < 4.78 is 6.46. The molecule has 0 spiro atoms. The van der Waals surface area contributed by atoms with E-state index in [-0.39, 0.29) is 11.5 Å². The summed E-state index contributed by atoms with van der Waals surface area (Å²) in [5.41, 5.74) is 1.47. The van der Waals surface area contributed by atoms with Gasteiger partial charge in [-0.1, -0.05) is 0 Å². The van der Waals surface area contributed by atoms with E-state index < -0.39 is 0 Å². The van der Waals surface area contributed by atoms with Crippen molar-refractivity contribution in [2.75, 3.05) is 6.61 Å². The van der Waals surface area contributed by atoms with Crippen molar-refractivity contribution in [2.24, 2.45) is 0 Å². The molecular formula is C15H13NO3S. The number of phenols is 2. The van der Waals surface area contributed by atoms with Gasteiger partial charge in [0.25, 0.3) is 0 Å². The average molecular weight is 287 g/mol. The third kappa shape index (κ3) is 2.28. The number of phenolic OH excluding ortho intramolecular Hbond substituents is 2. The van der Waals surface area contributed by atoms with Crippen molar-refractivity contribution >= 4 is 21.6 Å². The van der Waals surface area contributed by atoms with Gasteiger partial charge in [0.2, 0.25) is 0 Å². The molecule has 0 atom stereocenters. The second-order valence-corrected chi connectivity index (χ2v) is 5.31. The van der Waals surface area contributed by atoms with Crippen molar-refractivity contribution < 1.29 is 14.9 Å². The number of fused-ring (bicyclic) bond motifs is 1. The van der Waals surface area contributed by atoms with E-state index >= 15 is 0 Å². The molecule has 4 nitrogen and oxygen atoms in total. The van der Waals surface area contributed by atoms with E-state index in [2.05, 4.69) is 4.98 Å². The van der Waals surface area contributed by atoms with Crippen LogP contribution in [0.5, 0.6) is 17.2 Å². The van der Waals surface area contributed by atoms with Crippen LogP contribution in [0.1, 0.15) is 6.92 Å². The number of aromatic hydroxyl groups is 2. The Labute approximate surface area is 119 Å². The van der Waals surface area contributed by atoms with E-state index in [9.17, 15) is 10.2 Å². The van der Waals surface area contributed by atoms with Crippen molar-refractivity contribution in [3.8, 4) is 27.8 Å². The molecule has 0 saturated carbocycles. The smallest absolute Gasteiger partial charge is 0.129 e. The van der Waals surface area contributed by atoms with Crippen LogP contribution < -0.4 is 4.74 Å². The third-order valence-corrected chi connectivity index (χ3v) is 3.93. The maximum atomic E-state index is 9.89. The van der Waals surface area contributed by atoms with Gasteiger partial charge in [-0.3, -0.25) is 0 Å². The Hall–Kier alpha value is -2.27. The van der Waals surface area contributed by atoms with Crippen molar-refractivity contribution in [1.29, 1.82) is 0 Å². The summed E-state index contributed by atoms with van der Waals surface area (Å²) in [6.45, 7) is 2.56. The molecule has 3 rings (SSSR count). The van der Waals surface area contributed by atoms with Gasteiger partial charge in [0.15, 0.2) is 0 Å². The van der Waals surface area contributed by atoms with Gasteiger partial charge in [-0.25, -0.2) is 4.98 Å². The van der Waals surface area contributed by atoms with Crippen LogP contribution in [0.2, 0.25) is 0 Å². The minimum absolute atomic E-state index is 0.0223. The number of hydrogen-bond donors (Lipinski definition) is 2. The fraction of sp³-hybridized carbons (Fsp3) is 0.133. The summed E-state index contributed by atoms with van der Waals surface area (Å²) in [5, 5.41) is 19.9. The highest BCUT2D eigenvalue weighted by Gasteiger charge is 2.11. The zero-order valence-corrected chi connectivity index (χ0v) is 11.6. The molecule has 0 aliphatic heterocycles. The average Bonchev–Trinajstić information content (AvgIpc) is 2.81. The fourth-order valence-corrected chi connectivity index (χ4v) is 3.01. The molecule has 0 bridgehead atoms. The zero-order valence-electron chi connectivity index (χ0n) is 10.8. The molecule has 3 aromatic rings. The van der Waals surface area contributed by atoms with Gasteiger partial charge in [-0.15, -0.1) is 11.3 Å². The summed E-state index contributed by atoms with van der Waals surface area (Å²) in [6, 6.07) is 10.2. The largest absolute Gasteiger partial charge is 0.508 e. The number of thiazole rings is 1. The van der Waals surface area contributed by atoms with Crippen molar-refractivity contribution in [3.63, 3.8) is 0 Å². The van der Waals surface area contributed by atoms with Crippen LogP contribution in [0.4, 0.5) is 0 Å². The van der Waals surface area contributed by atoms with Crippen LogP contribution in [-0.2, 0) is 0 Å². The summed E-state index contributed by atoms with van der Waals surface area (Å²) in [6.07, 6.45) is 0. The van der Waals surface area contributed by atoms with Crippen LogP contribution in [0.3, 0.4) is 0 Å². The summed E-state index contributed by atoms with van der Waals surface area (Å²) in [7, 11) is 0. The molecule has 1 aromatic heterocycles. The molecule has 0 aliphatic carbocycles. The van der Waals surface area contributed by atoms with Gasteiger partial charge in [0, 0.05) is 6.07 Å². The Morgan fingerprint density at radius 3 is 2.75 bits per heavy atom. The van der Waals surface area contributed by atoms with Crippen molar-refractivity contribution in [3.05, 3.63) is 36.4 Å². The maximum Gasteiger partial charge on any atom is 0.129 e. The van der Waals surface area contributed by atoms with Gasteiger partial charge in [0.05, 0.1) is 22.4 Å². The normalized spacial score (nSPS) is 10.8. The monoisotopic (exact) mass is 287 g/mol. The molecule has 0 fully saturated rings. The van der Waals surface area contributed by atoms with Gasteiger partial charge >= 0.3 is 0 Å². The lowest BCUT2D eigenvalue weighted by atomic mass is 10.2. The molecule has 1 heterocycles. The van der Waals surface area contributed by atoms with Gasteiger partial charge < -0.3 is 14.9 Å². The maximum absolute atomic E-state index is 9.89. The topological polar surface area (TPSA) is 62.6 Å². The minimum Gasteiger partial charge on any atom is -0.508 e. The first-order valence-electron chi connectivity index (χ1n) is 6.23. The first-order chi connectivity index (χ1) is 9.67. The molecule has 2 N–H and O–H groups in total. The predicted molar refractivity (Wildman–Crippen MR) is 79.6 cm³/mol. The standard InChI is InChI=1S/C15H13NO3S/c1-2-19-10-4-6-12-14(8-10)20-15(16-12)11-5-3-9(17)7-13(11)18/h3-8,17-18H,2H2,1H3. The van der Waals surface area contributed by atoms with Crippen LogP contribution in [0.15, 0.2) is 36.4 Å². The van der Waals surface area contributed by atoms with E-state index in [0.29, 0.717) is 17.2 Å². The predicted octanol–water partition coefficient (Wildman–Crippen LogP) is 3.77. The highest BCUT2D eigenvalue weighted by atomic mass is 32.1. The summed E-state index contributed by atoms with van der Waals surface area (Å²) in [5.74, 6) is 0.866. The number of rotatable bonds is 3. The van der Waals surface area contributed by atoms with Crippen LogP contribution in [-0.4, -0.2) is 21.8 Å². The van der Waals surface area contributed by atoms with Crippen molar-refractivity contribution in [2.45, 2.75) is 6.92 Å². The Morgan fingerprint density at radius 2 is 2.00 bits per heavy atom. The molecule has 0 aliphatic rings. The van der Waals surface area contributed by atoms with Gasteiger partial charge in [-0.05, 0) is 37.3 Å². The molecule has 0 saturated heterocycles. The van der Waals surface area contributed by atoms with Gasteiger partial charge in [-0.2, -0.15) is 0 Å². The number of ether oxygens (including phenoxy) is 1. The zero-order chi connectivity index (χ0) is 14.1. The van der Waals surface area contributed by atoms with E-state index in [1.807, 2.05) is 25.1 Å². The van der Waals surface area contributed by atoms with E-state index in [1.54, 1.807) is 6.07 Å². The number of benzene rings is 2. The first-order valence-corrected chi connectivity index (χ1v) is 7.05. The highest BCUT2D eigenvalue weighted by Crippen LogP contribution is 2.37. The first kappa shape index (κ1) is 12.7. The molecule has 0 unspecified atom stereocenters. The lowest BCUT2D eigenvalue weighted by molar-refractivity contribution is 0.341. The number of hydrogen-bond acceptors (Lipinski definition) is 5. The second kappa shape index (κ2) is 5.02. The molecular weight excluding hydrogens is 274 g/mol. The Balaban J connectivity index is 2.08. The Kier molecular flexibility index (Phi) is 3.20. The molecule has 5 heteroatoms. The second-order valence-electron chi connectivity index (χ2n) is 4.28. The van der Waals surface area contributed by atoms with Crippen LogP contribution in [0.25, 0.3) is 20.8 Å². The van der Waals surface area contributed by atoms with Crippen LogP contribution in [0, 0.1) is 0 Å². The van der Waals surface area contributed by atoms with E-state index in [0.717, 1.165) is 16.0 Å². The quantitative estimate of drug-likeness (QED) is 0.769. The molecule has 20 heavy (non-hydrogen) atoms. The minimum atomic E-state index is 0.0223. The molecule has 0 radical (unpaired) electrons. The highest BCUT2D eigenvalue weighted by molar-refractivity contribution is 7.21. The molecule has 2 aromatic carbocycles.